The minimum Gasteiger partial charge on any atom is -0.255 e. The Balaban J connectivity index is 0.000000105. The second-order valence-electron chi connectivity index (χ2n) is 35.4. The Morgan fingerprint density at radius 2 is 0.644 bits per heavy atom. The van der Waals surface area contributed by atoms with Gasteiger partial charge in [-0.1, -0.05) is 151 Å². The lowest BCUT2D eigenvalue weighted by Gasteiger charge is -2.17. The zero-order chi connectivity index (χ0) is 81.8. The molecule has 0 radical (unpaired) electrons. The summed E-state index contributed by atoms with van der Waals surface area (Å²) < 4.78 is 18.9. The monoisotopic (exact) mass is 1540 g/mol. The molecule has 0 bridgehead atoms. The first-order valence-corrected chi connectivity index (χ1v) is 41.3. The molecule has 12 nitrogen and oxygen atoms in total. The van der Waals surface area contributed by atoms with E-state index in [2.05, 4.69) is 392 Å². The van der Waals surface area contributed by atoms with Gasteiger partial charge in [-0.2, -0.15) is 17.6 Å². The van der Waals surface area contributed by atoms with Crippen molar-refractivity contribution in [3.63, 3.8) is 0 Å². The summed E-state index contributed by atoms with van der Waals surface area (Å²) in [6, 6.07) is 83.5. The molecule has 0 N–H and O–H groups in total. The lowest BCUT2D eigenvalue weighted by molar-refractivity contribution is -0.617. The van der Waals surface area contributed by atoms with Gasteiger partial charge in [-0.25, -0.2) is 18.3 Å². The molecule has 22 aromatic rings. The Morgan fingerprint density at radius 1 is 0.280 bits per heavy atom. The Hall–Kier alpha value is -13.3. The smallest absolute Gasteiger partial charge is 0.255 e. The molecule has 0 aliphatic carbocycles. The van der Waals surface area contributed by atoms with Crippen molar-refractivity contribution in [1.29, 1.82) is 0 Å². The van der Waals surface area contributed by atoms with Crippen LogP contribution < -0.4 is 18.1 Å². The zero-order valence-corrected chi connectivity index (χ0v) is 71.0. The molecule has 12 heterocycles. The summed E-state index contributed by atoms with van der Waals surface area (Å²) in [6.07, 6.45) is 9.83. The van der Waals surface area contributed by atoms with Gasteiger partial charge in [0.1, 0.15) is 22.1 Å². The lowest BCUT2D eigenvalue weighted by atomic mass is 9.88. The van der Waals surface area contributed by atoms with Gasteiger partial charge in [0.25, 0.3) is 22.6 Å². The molecule has 0 fully saturated rings. The molecule has 10 aromatic carbocycles. The molecule has 0 amide bonds. The molecule has 0 saturated heterocycles. The normalized spacial score (nSPS) is 12.2. The molecule has 0 aliphatic heterocycles. The summed E-state index contributed by atoms with van der Waals surface area (Å²) in [5.74, 6) is 0. The number of nitrogens with zero attached hydrogens (tertiary/aromatic N) is 12. The SMILES string of the molecule is Cc1cccc(C)c1-c1ccc2c(c1)c1nccc(C)c1c1n2c2ccccc2[n+]1C.Cc1cccc(C)c1-c1ccc2c3nccc(C)c3c3n(c2c1)c1ccccc1[n+]3C.Cc1ccnc2c3ccccc3[n+]3c4ccc(CC(C)(C)C)cc4n(C)c3c12.Cc1ccnc2c3ccccc3n3c4cc(CC(C)(C)C)ccc4[n+](C)c3c12. The maximum absolute atomic E-state index is 4.88. The summed E-state index contributed by atoms with van der Waals surface area (Å²) in [6.45, 7) is 31.3. The minimum absolute atomic E-state index is 0.262. The van der Waals surface area contributed by atoms with Gasteiger partial charge in [0.2, 0.25) is 0 Å². The summed E-state index contributed by atoms with van der Waals surface area (Å²) in [4.78, 5) is 19.3. The van der Waals surface area contributed by atoms with Crippen LogP contribution in [0.2, 0.25) is 0 Å². The molecular formula is C106H100N12+4. The highest BCUT2D eigenvalue weighted by atomic mass is 15.1. The number of rotatable bonds is 4. The van der Waals surface area contributed by atoms with Crippen LogP contribution in [0.1, 0.15) is 97.2 Å². The first-order chi connectivity index (χ1) is 56.8. The van der Waals surface area contributed by atoms with Gasteiger partial charge in [0.15, 0.2) is 44.1 Å². The van der Waals surface area contributed by atoms with Crippen molar-refractivity contribution in [2.24, 2.45) is 39.0 Å². The van der Waals surface area contributed by atoms with E-state index >= 15 is 0 Å². The minimum atomic E-state index is 0.262. The average molecular weight is 1540 g/mol. The van der Waals surface area contributed by atoms with Crippen molar-refractivity contribution >= 4 is 154 Å². The predicted octanol–water partition coefficient (Wildman–Crippen LogP) is 23.5. The molecule has 0 aliphatic rings. The van der Waals surface area contributed by atoms with Crippen LogP contribution in [0.4, 0.5) is 0 Å². The number of aryl methyl sites for hydroxylation is 12. The van der Waals surface area contributed by atoms with Crippen LogP contribution in [0.3, 0.4) is 0 Å². The Bertz CT molecular complexity index is 7900. The van der Waals surface area contributed by atoms with E-state index in [4.69, 9.17) is 19.9 Å². The van der Waals surface area contributed by atoms with Crippen LogP contribution >= 0.6 is 0 Å². The fourth-order valence-electron chi connectivity index (χ4n) is 19.6. The van der Waals surface area contributed by atoms with Gasteiger partial charge in [-0.3, -0.25) is 19.9 Å². The topological polar surface area (TPSA) is 85.5 Å². The number of para-hydroxylation sites is 6. The van der Waals surface area contributed by atoms with Crippen LogP contribution in [0.25, 0.3) is 176 Å². The molecule has 580 valence electrons. The third-order valence-electron chi connectivity index (χ3n) is 24.7. The summed E-state index contributed by atoms with van der Waals surface area (Å²) in [5, 5.41) is 9.67. The average Bonchev–Trinajstić information content (AvgIpc) is 1.55. The molecule has 0 atom stereocenters. The molecular weight excluding hydrogens is 1440 g/mol. The van der Waals surface area contributed by atoms with E-state index in [-0.39, 0.29) is 10.8 Å². The van der Waals surface area contributed by atoms with Gasteiger partial charge in [0, 0.05) is 46.3 Å². The number of hydrogen-bond donors (Lipinski definition) is 0. The number of fused-ring (bicyclic) bond motifs is 32. The van der Waals surface area contributed by atoms with Gasteiger partial charge in [-0.15, -0.1) is 0 Å². The van der Waals surface area contributed by atoms with Crippen molar-refractivity contribution in [3.05, 3.63) is 311 Å². The highest BCUT2D eigenvalue weighted by Gasteiger charge is 2.31. The Labute approximate surface area is 687 Å². The predicted molar refractivity (Wildman–Crippen MR) is 491 cm³/mol. The van der Waals surface area contributed by atoms with E-state index in [9.17, 15) is 0 Å². The molecule has 0 saturated carbocycles. The van der Waals surface area contributed by atoms with Crippen molar-refractivity contribution in [1.82, 2.24) is 37.7 Å². The van der Waals surface area contributed by atoms with Crippen LogP contribution in [0.5, 0.6) is 0 Å². The summed E-state index contributed by atoms with van der Waals surface area (Å²) >= 11 is 0. The first-order valence-electron chi connectivity index (χ1n) is 41.3. The summed E-state index contributed by atoms with van der Waals surface area (Å²) in [7, 11) is 8.66. The van der Waals surface area contributed by atoms with Gasteiger partial charge in [0.05, 0.1) is 71.8 Å². The number of imidazole rings is 4. The quantitative estimate of drug-likeness (QED) is 0.130. The third kappa shape index (κ3) is 12.1. The van der Waals surface area contributed by atoms with E-state index in [1.54, 1.807) is 0 Å². The molecule has 12 aromatic heterocycles. The number of hydrogen-bond acceptors (Lipinski definition) is 4. The highest BCUT2D eigenvalue weighted by Crippen LogP contribution is 2.41. The molecule has 22 rings (SSSR count). The highest BCUT2D eigenvalue weighted by molar-refractivity contribution is 6.16. The van der Waals surface area contributed by atoms with Crippen LogP contribution in [-0.2, 0) is 41.0 Å². The van der Waals surface area contributed by atoms with E-state index in [0.717, 1.165) is 34.9 Å². The first kappa shape index (κ1) is 74.8. The molecule has 0 spiro atoms. The van der Waals surface area contributed by atoms with E-state index in [0.29, 0.717) is 0 Å². The van der Waals surface area contributed by atoms with Crippen molar-refractivity contribution in [2.75, 3.05) is 0 Å². The maximum atomic E-state index is 4.88. The fraction of sp³-hybridized carbons (Fsp3) is 0.208. The van der Waals surface area contributed by atoms with E-state index in [1.165, 1.54) is 210 Å². The lowest BCUT2D eigenvalue weighted by Crippen LogP contribution is -2.27. The fourth-order valence-corrected chi connectivity index (χ4v) is 19.6. The van der Waals surface area contributed by atoms with Gasteiger partial charge in [-0.05, 0) is 278 Å². The Morgan fingerprint density at radius 3 is 1.14 bits per heavy atom. The van der Waals surface area contributed by atoms with E-state index in [1.807, 2.05) is 24.8 Å². The molecule has 12 heteroatoms. The van der Waals surface area contributed by atoms with Crippen molar-refractivity contribution < 1.29 is 18.1 Å². The number of pyridine rings is 8. The second-order valence-corrected chi connectivity index (χ2v) is 35.4. The third-order valence-corrected chi connectivity index (χ3v) is 24.7. The van der Waals surface area contributed by atoms with Crippen LogP contribution in [-0.4, -0.2) is 37.7 Å². The molecule has 0 unspecified atom stereocenters. The van der Waals surface area contributed by atoms with Gasteiger partial charge >= 0.3 is 0 Å². The molecule has 118 heavy (non-hydrogen) atoms. The Kier molecular flexibility index (Phi) is 17.9. The van der Waals surface area contributed by atoms with Crippen molar-refractivity contribution in [2.45, 2.75) is 110 Å². The van der Waals surface area contributed by atoms with Crippen molar-refractivity contribution in [3.8, 4) is 22.3 Å². The number of benzene rings is 10. The second kappa shape index (κ2) is 28.3. The van der Waals surface area contributed by atoms with Gasteiger partial charge < -0.3 is 0 Å². The van der Waals surface area contributed by atoms with Crippen LogP contribution in [0, 0.1) is 66.2 Å². The maximum Gasteiger partial charge on any atom is 0.297 e. The number of aromatic nitrogens is 12. The zero-order valence-electron chi connectivity index (χ0n) is 71.0. The largest absolute Gasteiger partial charge is 0.297 e. The summed E-state index contributed by atoms with van der Waals surface area (Å²) in [5.41, 5.74) is 42.4. The van der Waals surface area contributed by atoms with Crippen LogP contribution in [0.15, 0.2) is 255 Å². The van der Waals surface area contributed by atoms with E-state index < -0.39 is 0 Å². The standard InChI is InChI=1S/2C28H24N3.2C25H26N3/c1-17-8-7-9-18(2)25(17)20-12-13-22-21(16-20)27-26(19(3)14-15-29-27)28-30(4)23-10-5-6-11-24(23)31(22)28;1-17-8-7-9-18(2)25(17)20-12-13-21-24(16-20)31-23-11-6-5-10-22(23)30(4)28(31)26-19(3)14-15-29-27(21)26;1-16-12-13-26-23-18-8-6-7-9-19(18)28-20-11-10-17(15-25(2,3)4)14-21(20)27(5)24(28)22(16)23;1-16-12-13-26-23-18-8-6-7-9-19(18)28-21-14-17(15-25(2,3)4)10-11-20(21)27(5)24(28)22(16)23/h2*5-16H,1-4H3;2*6-14H,15H2,1-5H3/q4*+1.